The highest BCUT2D eigenvalue weighted by molar-refractivity contribution is 14.1. The predicted octanol–water partition coefficient (Wildman–Crippen LogP) is 3.31. The van der Waals surface area contributed by atoms with Crippen molar-refractivity contribution in [2.75, 3.05) is 6.54 Å². The summed E-state index contributed by atoms with van der Waals surface area (Å²) in [4.78, 5) is 26.1. The number of likely N-dealkylation sites (tertiary alicyclic amines) is 1. The van der Waals surface area contributed by atoms with Gasteiger partial charge in [-0.3, -0.25) is 9.36 Å². The van der Waals surface area contributed by atoms with Gasteiger partial charge in [-0.15, -0.1) is 0 Å². The third kappa shape index (κ3) is 3.15. The molecule has 1 aliphatic heterocycles. The van der Waals surface area contributed by atoms with Crippen molar-refractivity contribution in [1.82, 2.24) is 12.2 Å². The van der Waals surface area contributed by atoms with E-state index in [9.17, 15) is 14.0 Å². The third-order valence-electron chi connectivity index (χ3n) is 4.75. The van der Waals surface area contributed by atoms with Crippen molar-refractivity contribution in [3.8, 4) is 0 Å². The molecule has 0 atom stereocenters. The van der Waals surface area contributed by atoms with Crippen molar-refractivity contribution in [2.24, 2.45) is 0 Å². The van der Waals surface area contributed by atoms with Gasteiger partial charge in [-0.2, -0.15) is 0 Å². The van der Waals surface area contributed by atoms with Gasteiger partial charge in [-0.05, 0) is 35.7 Å². The van der Waals surface area contributed by atoms with Crippen molar-refractivity contribution < 1.29 is 9.18 Å². The Morgan fingerprint density at radius 3 is 2.31 bits per heavy atom. The molecular formula is C19H17FIN3O2. The summed E-state index contributed by atoms with van der Waals surface area (Å²) >= 11 is 1.94. The van der Waals surface area contributed by atoms with Crippen LogP contribution in [0.15, 0.2) is 47.3 Å². The van der Waals surface area contributed by atoms with E-state index in [0.29, 0.717) is 30.5 Å². The van der Waals surface area contributed by atoms with Crippen LogP contribution in [0.1, 0.15) is 24.0 Å². The van der Waals surface area contributed by atoms with Gasteiger partial charge in [0.25, 0.3) is 0 Å². The molecule has 0 bridgehead atoms. The Kier molecular flexibility index (Phi) is 4.56. The molecule has 26 heavy (non-hydrogen) atoms. The summed E-state index contributed by atoms with van der Waals surface area (Å²) in [5, 5.41) is 0. The van der Waals surface area contributed by atoms with E-state index in [1.807, 2.05) is 52.0 Å². The summed E-state index contributed by atoms with van der Waals surface area (Å²) in [5.74, 6) is -0.156. The monoisotopic (exact) mass is 465 g/mol. The standard InChI is InChI=1S/C19H17FIN3O2/c20-15-7-8-16-17(10-15)23(19(26)24(16)21)12-14-5-3-13(4-6-14)11-22-9-1-2-18(22)25/h3-8,10H,1-2,9,11-12H2. The fourth-order valence-electron chi connectivity index (χ4n) is 3.37. The minimum absolute atomic E-state index is 0.182. The van der Waals surface area contributed by atoms with Gasteiger partial charge in [-0.25, -0.2) is 12.0 Å². The van der Waals surface area contributed by atoms with Crippen molar-refractivity contribution >= 4 is 39.8 Å². The first kappa shape index (κ1) is 17.3. The summed E-state index contributed by atoms with van der Waals surface area (Å²) in [6.07, 6.45) is 1.56. The molecule has 5 nitrogen and oxygen atoms in total. The second-order valence-electron chi connectivity index (χ2n) is 6.52. The number of halogens is 2. The van der Waals surface area contributed by atoms with Crippen molar-refractivity contribution in [1.29, 1.82) is 0 Å². The summed E-state index contributed by atoms with van der Waals surface area (Å²) in [6, 6.07) is 12.2. The van der Waals surface area contributed by atoms with Gasteiger partial charge in [-0.1, -0.05) is 24.3 Å². The summed E-state index contributed by atoms with van der Waals surface area (Å²) in [7, 11) is 0. The largest absolute Gasteiger partial charge is 0.338 e. The van der Waals surface area contributed by atoms with Gasteiger partial charge in [0, 0.05) is 19.5 Å². The smallest absolute Gasteiger partial charge is 0.338 e. The van der Waals surface area contributed by atoms with E-state index >= 15 is 0 Å². The lowest BCUT2D eigenvalue weighted by atomic mass is 10.1. The number of benzene rings is 2. The van der Waals surface area contributed by atoms with Crippen LogP contribution in [0.25, 0.3) is 11.0 Å². The fraction of sp³-hybridized carbons (Fsp3) is 0.263. The molecule has 134 valence electrons. The zero-order valence-electron chi connectivity index (χ0n) is 14.0. The Morgan fingerprint density at radius 1 is 0.962 bits per heavy atom. The molecule has 1 fully saturated rings. The predicted molar refractivity (Wildman–Crippen MR) is 106 cm³/mol. The van der Waals surface area contributed by atoms with Crippen LogP contribution in [0.2, 0.25) is 0 Å². The summed E-state index contributed by atoms with van der Waals surface area (Å²) in [6.45, 7) is 1.81. The number of hydrogen-bond donors (Lipinski definition) is 0. The Hall–Kier alpha value is -2.16. The van der Waals surface area contributed by atoms with Crippen molar-refractivity contribution in [2.45, 2.75) is 25.9 Å². The molecule has 2 heterocycles. The number of fused-ring (bicyclic) bond motifs is 1. The Morgan fingerprint density at radius 2 is 1.65 bits per heavy atom. The molecule has 0 N–H and O–H groups in total. The second-order valence-corrected chi connectivity index (χ2v) is 7.48. The van der Waals surface area contributed by atoms with E-state index in [1.54, 1.807) is 10.6 Å². The van der Waals surface area contributed by atoms with Gasteiger partial charge in [0.1, 0.15) is 5.82 Å². The van der Waals surface area contributed by atoms with E-state index in [4.69, 9.17) is 0 Å². The van der Waals surface area contributed by atoms with Crippen LogP contribution in [-0.2, 0) is 17.9 Å². The lowest BCUT2D eigenvalue weighted by Crippen LogP contribution is -2.23. The van der Waals surface area contributed by atoms with Gasteiger partial charge in [0.2, 0.25) is 5.91 Å². The molecule has 0 unspecified atom stereocenters. The highest BCUT2D eigenvalue weighted by Gasteiger charge is 2.20. The van der Waals surface area contributed by atoms with E-state index in [1.165, 1.54) is 14.9 Å². The third-order valence-corrected chi connectivity index (χ3v) is 5.68. The van der Waals surface area contributed by atoms with Crippen LogP contribution >= 0.6 is 22.9 Å². The minimum atomic E-state index is -0.362. The number of hydrogen-bond acceptors (Lipinski definition) is 2. The summed E-state index contributed by atoms with van der Waals surface area (Å²) < 4.78 is 16.7. The quantitative estimate of drug-likeness (QED) is 0.556. The molecule has 0 radical (unpaired) electrons. The molecule has 1 amide bonds. The Balaban J connectivity index is 1.59. The first-order chi connectivity index (χ1) is 12.5. The maximum atomic E-state index is 13.6. The Bertz CT molecular complexity index is 1040. The fourth-order valence-corrected chi connectivity index (χ4v) is 4.04. The van der Waals surface area contributed by atoms with Crippen molar-refractivity contribution in [3.63, 3.8) is 0 Å². The van der Waals surface area contributed by atoms with E-state index in [0.717, 1.165) is 24.1 Å². The number of carbonyl (C=O) groups is 1. The van der Waals surface area contributed by atoms with Crippen LogP contribution in [0.3, 0.4) is 0 Å². The normalized spacial score (nSPS) is 14.5. The van der Waals surface area contributed by atoms with Gasteiger partial charge in [0.05, 0.1) is 40.4 Å². The molecular weight excluding hydrogens is 448 g/mol. The molecule has 1 aromatic heterocycles. The van der Waals surface area contributed by atoms with Gasteiger partial charge < -0.3 is 4.90 Å². The first-order valence-corrected chi connectivity index (χ1v) is 9.42. The maximum absolute atomic E-state index is 13.6. The molecule has 2 aromatic carbocycles. The van der Waals surface area contributed by atoms with Crippen LogP contribution in [0.5, 0.6) is 0 Å². The number of amides is 1. The average molecular weight is 465 g/mol. The molecule has 7 heteroatoms. The highest BCUT2D eigenvalue weighted by atomic mass is 127. The SMILES string of the molecule is O=C1CCCN1Cc1ccc(Cn2c(=O)n(I)c3ccc(F)cc32)cc1. The Labute approximate surface area is 163 Å². The number of nitrogens with zero attached hydrogens (tertiary/aromatic N) is 3. The van der Waals surface area contributed by atoms with Crippen LogP contribution < -0.4 is 5.69 Å². The highest BCUT2D eigenvalue weighted by Crippen LogP contribution is 2.19. The van der Waals surface area contributed by atoms with Gasteiger partial charge >= 0.3 is 5.69 Å². The van der Waals surface area contributed by atoms with Crippen LogP contribution in [0, 0.1) is 5.82 Å². The number of rotatable bonds is 4. The molecule has 1 saturated heterocycles. The van der Waals surface area contributed by atoms with Crippen LogP contribution in [-0.4, -0.2) is 24.7 Å². The lowest BCUT2D eigenvalue weighted by Gasteiger charge is -2.15. The van der Waals surface area contributed by atoms with Gasteiger partial charge in [0.15, 0.2) is 0 Å². The van der Waals surface area contributed by atoms with Crippen LogP contribution in [0.4, 0.5) is 4.39 Å². The number of aromatic nitrogens is 2. The van der Waals surface area contributed by atoms with E-state index < -0.39 is 0 Å². The lowest BCUT2D eigenvalue weighted by molar-refractivity contribution is -0.128. The van der Waals surface area contributed by atoms with E-state index in [2.05, 4.69) is 0 Å². The number of carbonyl (C=O) groups excluding carboxylic acids is 1. The topological polar surface area (TPSA) is 47.2 Å². The molecule has 0 spiro atoms. The maximum Gasteiger partial charge on any atom is 0.338 e. The molecule has 3 aromatic rings. The van der Waals surface area contributed by atoms with Crippen molar-refractivity contribution in [3.05, 3.63) is 69.9 Å². The molecule has 4 rings (SSSR count). The zero-order valence-corrected chi connectivity index (χ0v) is 16.1. The molecule has 1 aliphatic rings. The molecule has 0 saturated carbocycles. The number of imidazole rings is 1. The summed E-state index contributed by atoms with van der Waals surface area (Å²) in [5.41, 5.74) is 3.12. The molecule has 0 aliphatic carbocycles. The minimum Gasteiger partial charge on any atom is -0.338 e. The second kappa shape index (κ2) is 6.86. The van der Waals surface area contributed by atoms with E-state index in [-0.39, 0.29) is 17.4 Å². The average Bonchev–Trinajstić information content (AvgIpc) is 3.13. The first-order valence-electron chi connectivity index (χ1n) is 8.45. The zero-order chi connectivity index (χ0) is 18.3.